The fourth-order valence-electron chi connectivity index (χ4n) is 2.28. The van der Waals surface area contributed by atoms with Crippen LogP contribution in [-0.2, 0) is 0 Å². The second-order valence-electron chi connectivity index (χ2n) is 4.88. The van der Waals surface area contributed by atoms with Gasteiger partial charge in [0.05, 0.1) is 11.9 Å². The summed E-state index contributed by atoms with van der Waals surface area (Å²) in [6, 6.07) is 0.291. The summed E-state index contributed by atoms with van der Waals surface area (Å²) in [6.07, 6.45) is 7.92. The third-order valence-corrected chi connectivity index (χ3v) is 3.44. The molecule has 4 nitrogen and oxygen atoms in total. The van der Waals surface area contributed by atoms with Gasteiger partial charge < -0.3 is 5.32 Å². The van der Waals surface area contributed by atoms with Gasteiger partial charge in [0.25, 0.3) is 5.91 Å². The van der Waals surface area contributed by atoms with Crippen molar-refractivity contribution >= 4 is 5.91 Å². The molecule has 1 aromatic heterocycles. The zero-order chi connectivity index (χ0) is 12.3. The lowest BCUT2D eigenvalue weighted by molar-refractivity contribution is 0.0904. The van der Waals surface area contributed by atoms with Gasteiger partial charge >= 0.3 is 0 Å². The predicted molar refractivity (Wildman–Crippen MR) is 65.7 cm³/mol. The summed E-state index contributed by atoms with van der Waals surface area (Å²) >= 11 is 0. The predicted octanol–water partition coefficient (Wildman–Crippen LogP) is 2.09. The van der Waals surface area contributed by atoms with Crippen molar-refractivity contribution in [3.8, 4) is 0 Å². The van der Waals surface area contributed by atoms with Crippen LogP contribution in [0.4, 0.5) is 0 Å². The number of hydrogen-bond acceptors (Lipinski definition) is 3. The molecule has 2 atom stereocenters. The smallest absolute Gasteiger partial charge is 0.271 e. The van der Waals surface area contributed by atoms with Gasteiger partial charge in [0.15, 0.2) is 0 Å². The third-order valence-electron chi connectivity index (χ3n) is 3.44. The number of amides is 1. The Kier molecular flexibility index (Phi) is 3.71. The van der Waals surface area contributed by atoms with E-state index in [1.54, 1.807) is 6.20 Å². The second kappa shape index (κ2) is 5.25. The molecule has 0 saturated heterocycles. The van der Waals surface area contributed by atoms with Crippen molar-refractivity contribution in [2.45, 2.75) is 45.6 Å². The first-order valence-electron chi connectivity index (χ1n) is 6.26. The molecule has 0 aliphatic heterocycles. The van der Waals surface area contributed by atoms with E-state index in [1.165, 1.54) is 25.5 Å². The van der Waals surface area contributed by atoms with E-state index in [4.69, 9.17) is 0 Å². The topological polar surface area (TPSA) is 54.9 Å². The van der Waals surface area contributed by atoms with Gasteiger partial charge in [-0.25, -0.2) is 4.98 Å². The first-order valence-corrected chi connectivity index (χ1v) is 6.26. The van der Waals surface area contributed by atoms with Crippen molar-refractivity contribution in [1.29, 1.82) is 0 Å². The van der Waals surface area contributed by atoms with Crippen LogP contribution >= 0.6 is 0 Å². The number of aromatic nitrogens is 2. The molecule has 2 rings (SSSR count). The van der Waals surface area contributed by atoms with Crippen molar-refractivity contribution < 1.29 is 4.79 Å². The highest BCUT2D eigenvalue weighted by molar-refractivity contribution is 5.92. The van der Waals surface area contributed by atoms with Crippen LogP contribution in [0.2, 0.25) is 0 Å². The van der Waals surface area contributed by atoms with Crippen LogP contribution in [0.25, 0.3) is 0 Å². The Morgan fingerprint density at radius 1 is 1.29 bits per heavy atom. The van der Waals surface area contributed by atoms with Crippen molar-refractivity contribution in [2.75, 3.05) is 0 Å². The van der Waals surface area contributed by atoms with Gasteiger partial charge in [0.1, 0.15) is 5.69 Å². The minimum absolute atomic E-state index is 0.101. The molecule has 0 spiro atoms. The molecule has 17 heavy (non-hydrogen) atoms. The molecule has 4 heteroatoms. The fourth-order valence-corrected chi connectivity index (χ4v) is 2.28. The standard InChI is InChI=1S/C13H19N3O/c1-9-5-3-4-6-11(9)16-13(17)12-8-14-10(2)7-15-12/h7-9,11H,3-6H2,1-2H3,(H,16,17). The number of carbonyl (C=O) groups is 1. The van der Waals surface area contributed by atoms with E-state index < -0.39 is 0 Å². The van der Waals surface area contributed by atoms with Gasteiger partial charge in [0, 0.05) is 12.2 Å². The Labute approximate surface area is 102 Å². The summed E-state index contributed by atoms with van der Waals surface area (Å²) in [5.41, 5.74) is 1.24. The lowest BCUT2D eigenvalue weighted by Crippen LogP contribution is -2.41. The quantitative estimate of drug-likeness (QED) is 0.851. The number of nitrogens with zero attached hydrogens (tertiary/aromatic N) is 2. The van der Waals surface area contributed by atoms with Crippen molar-refractivity contribution in [1.82, 2.24) is 15.3 Å². The number of rotatable bonds is 2. The first-order chi connectivity index (χ1) is 8.16. The van der Waals surface area contributed by atoms with E-state index in [1.807, 2.05) is 6.92 Å². The maximum absolute atomic E-state index is 12.0. The van der Waals surface area contributed by atoms with Crippen LogP contribution in [0.15, 0.2) is 12.4 Å². The average Bonchev–Trinajstić information content (AvgIpc) is 2.33. The lowest BCUT2D eigenvalue weighted by Gasteiger charge is -2.29. The Balaban J connectivity index is 1.98. The highest BCUT2D eigenvalue weighted by Gasteiger charge is 2.23. The summed E-state index contributed by atoms with van der Waals surface area (Å²) in [4.78, 5) is 20.1. The Morgan fingerprint density at radius 2 is 2.06 bits per heavy atom. The number of nitrogens with one attached hydrogen (secondary N) is 1. The van der Waals surface area contributed by atoms with Gasteiger partial charge in [0.2, 0.25) is 0 Å². The molecule has 0 aromatic carbocycles. The zero-order valence-electron chi connectivity index (χ0n) is 10.4. The monoisotopic (exact) mass is 233 g/mol. The molecular weight excluding hydrogens is 214 g/mol. The van der Waals surface area contributed by atoms with Crippen LogP contribution in [0.5, 0.6) is 0 Å². The highest BCUT2D eigenvalue weighted by Crippen LogP contribution is 2.23. The van der Waals surface area contributed by atoms with Crippen LogP contribution in [0.3, 0.4) is 0 Å². The number of hydrogen-bond donors (Lipinski definition) is 1. The van der Waals surface area contributed by atoms with Gasteiger partial charge in [-0.3, -0.25) is 9.78 Å². The summed E-state index contributed by atoms with van der Waals surface area (Å²) in [7, 11) is 0. The van der Waals surface area contributed by atoms with Crippen LogP contribution in [-0.4, -0.2) is 21.9 Å². The third kappa shape index (κ3) is 3.02. The molecule has 1 aromatic rings. The van der Waals surface area contributed by atoms with Gasteiger partial charge in [-0.15, -0.1) is 0 Å². The number of aryl methyl sites for hydroxylation is 1. The Morgan fingerprint density at radius 3 is 2.71 bits per heavy atom. The summed E-state index contributed by atoms with van der Waals surface area (Å²) < 4.78 is 0. The lowest BCUT2D eigenvalue weighted by atomic mass is 9.86. The van der Waals surface area contributed by atoms with Gasteiger partial charge in [-0.1, -0.05) is 19.8 Å². The fraction of sp³-hybridized carbons (Fsp3) is 0.615. The van der Waals surface area contributed by atoms with E-state index in [0.717, 1.165) is 12.1 Å². The molecule has 1 fully saturated rings. The molecule has 1 N–H and O–H groups in total. The van der Waals surface area contributed by atoms with E-state index >= 15 is 0 Å². The summed E-state index contributed by atoms with van der Waals surface area (Å²) in [5.74, 6) is 0.461. The maximum atomic E-state index is 12.0. The maximum Gasteiger partial charge on any atom is 0.271 e. The van der Waals surface area contributed by atoms with Gasteiger partial charge in [-0.05, 0) is 25.7 Å². The van der Waals surface area contributed by atoms with E-state index in [-0.39, 0.29) is 5.91 Å². The number of carbonyl (C=O) groups excluding carboxylic acids is 1. The van der Waals surface area contributed by atoms with Crippen molar-refractivity contribution in [2.24, 2.45) is 5.92 Å². The van der Waals surface area contributed by atoms with E-state index in [0.29, 0.717) is 17.7 Å². The molecule has 1 aliphatic carbocycles. The van der Waals surface area contributed by atoms with E-state index in [2.05, 4.69) is 22.2 Å². The molecular formula is C13H19N3O. The van der Waals surface area contributed by atoms with Crippen molar-refractivity contribution in [3.63, 3.8) is 0 Å². The largest absolute Gasteiger partial charge is 0.348 e. The molecule has 0 bridgehead atoms. The second-order valence-corrected chi connectivity index (χ2v) is 4.88. The molecule has 1 saturated carbocycles. The van der Waals surface area contributed by atoms with Crippen LogP contribution in [0, 0.1) is 12.8 Å². The summed E-state index contributed by atoms with van der Waals surface area (Å²) in [5, 5.41) is 3.06. The molecule has 2 unspecified atom stereocenters. The zero-order valence-corrected chi connectivity index (χ0v) is 10.4. The first kappa shape index (κ1) is 12.0. The normalized spacial score (nSPS) is 24.4. The molecule has 0 radical (unpaired) electrons. The van der Waals surface area contributed by atoms with E-state index in [9.17, 15) is 4.79 Å². The van der Waals surface area contributed by atoms with Gasteiger partial charge in [-0.2, -0.15) is 0 Å². The summed E-state index contributed by atoms with van der Waals surface area (Å²) in [6.45, 7) is 4.06. The average molecular weight is 233 g/mol. The molecule has 1 heterocycles. The Bertz CT molecular complexity index is 388. The molecule has 1 aliphatic rings. The molecule has 1 amide bonds. The van der Waals surface area contributed by atoms with Crippen LogP contribution in [0.1, 0.15) is 48.8 Å². The minimum Gasteiger partial charge on any atom is -0.348 e. The minimum atomic E-state index is -0.101. The highest BCUT2D eigenvalue weighted by atomic mass is 16.1. The Hall–Kier alpha value is -1.45. The SMILES string of the molecule is Cc1cnc(C(=O)NC2CCCCC2C)cn1. The molecule has 92 valence electrons. The van der Waals surface area contributed by atoms with Crippen LogP contribution < -0.4 is 5.32 Å². The van der Waals surface area contributed by atoms with Crippen molar-refractivity contribution in [3.05, 3.63) is 23.8 Å².